The Morgan fingerprint density at radius 3 is 2.31 bits per heavy atom. The number of carboxylic acid groups (broad SMARTS) is 1. The number of hydrogen-bond donors (Lipinski definition) is 6. The number of anilines is 1. The van der Waals surface area contributed by atoms with E-state index in [1.165, 1.54) is 24.5 Å². The average molecular weight is 420 g/mol. The maximum absolute atomic E-state index is 12.3. The first-order valence-electron chi connectivity index (χ1n) is 8.35. The summed E-state index contributed by atoms with van der Waals surface area (Å²) in [5.41, 5.74) is 10.4. The van der Waals surface area contributed by atoms with Gasteiger partial charge in [0.25, 0.3) is 11.8 Å². The Kier molecular flexibility index (Phi) is 7.85. The number of aliphatic carboxylic acids is 1. The summed E-state index contributed by atoms with van der Waals surface area (Å²) in [5.74, 6) is -1.99. The van der Waals surface area contributed by atoms with Gasteiger partial charge in [-0.1, -0.05) is 0 Å². The summed E-state index contributed by atoms with van der Waals surface area (Å²) >= 11 is 0.976. The molecule has 0 spiro atoms. The van der Waals surface area contributed by atoms with E-state index >= 15 is 0 Å². The van der Waals surface area contributed by atoms with Crippen molar-refractivity contribution in [2.45, 2.75) is 6.04 Å². The number of guanidine groups is 1. The maximum atomic E-state index is 12.3. The topological polar surface area (TPSA) is 198 Å². The molecule has 2 rings (SSSR count). The van der Waals surface area contributed by atoms with Gasteiger partial charge in [0.05, 0.1) is 16.3 Å². The molecule has 0 aliphatic heterocycles. The van der Waals surface area contributed by atoms with Crippen molar-refractivity contribution < 1.29 is 19.5 Å². The lowest BCUT2D eigenvalue weighted by Crippen LogP contribution is -2.41. The first-order chi connectivity index (χ1) is 13.9. The van der Waals surface area contributed by atoms with Gasteiger partial charge in [0, 0.05) is 25.5 Å². The van der Waals surface area contributed by atoms with Crippen molar-refractivity contribution >= 4 is 41.0 Å². The molecule has 12 nitrogen and oxygen atoms in total. The van der Waals surface area contributed by atoms with Crippen molar-refractivity contribution in [2.24, 2.45) is 16.5 Å². The summed E-state index contributed by atoms with van der Waals surface area (Å²) in [5, 5.41) is 17.0. The molecule has 0 bridgehead atoms. The molecule has 0 fully saturated rings. The largest absolute Gasteiger partial charge is 0.480 e. The van der Waals surface area contributed by atoms with Gasteiger partial charge >= 0.3 is 5.97 Å². The normalized spacial score (nSPS) is 11.2. The summed E-state index contributed by atoms with van der Waals surface area (Å²) in [6.45, 7) is 0.273. The predicted molar refractivity (Wildman–Crippen MR) is 107 cm³/mol. The number of aliphatic imine (C=N–C) groups is 1. The van der Waals surface area contributed by atoms with E-state index in [0.29, 0.717) is 4.88 Å². The minimum absolute atomic E-state index is 0.0673. The van der Waals surface area contributed by atoms with E-state index in [9.17, 15) is 19.5 Å². The minimum atomic E-state index is -1.18. The van der Waals surface area contributed by atoms with Gasteiger partial charge < -0.3 is 32.5 Å². The van der Waals surface area contributed by atoms with Crippen molar-refractivity contribution in [3.63, 3.8) is 0 Å². The Morgan fingerprint density at radius 2 is 1.72 bits per heavy atom. The van der Waals surface area contributed by atoms with Crippen molar-refractivity contribution in [1.82, 2.24) is 20.6 Å². The number of nitrogens with zero attached hydrogens (tertiary/aromatic N) is 3. The van der Waals surface area contributed by atoms with E-state index in [1.54, 1.807) is 6.07 Å². The molecule has 8 N–H and O–H groups in total. The zero-order valence-corrected chi connectivity index (χ0v) is 16.0. The summed E-state index contributed by atoms with van der Waals surface area (Å²) in [6.07, 6.45) is 2.92. The standard InChI is InChI=1S/C16H20N8O4S/c17-15(18)20-7-6-19-12(25)10-2-3-11(29-10)13(26)23-8-9(14(27)28)24-16-21-4-1-5-22-16/h1-5,9H,6-8H2,(H,19,25)(H,23,26)(H,27,28)(H4,17,18,20)(H,21,22,24). The fourth-order valence-electron chi connectivity index (χ4n) is 2.03. The van der Waals surface area contributed by atoms with Gasteiger partial charge in [-0.25, -0.2) is 14.8 Å². The summed E-state index contributed by atoms with van der Waals surface area (Å²) in [7, 11) is 0. The van der Waals surface area contributed by atoms with Crippen LogP contribution < -0.4 is 27.4 Å². The second-order valence-electron chi connectivity index (χ2n) is 5.54. The van der Waals surface area contributed by atoms with Crippen molar-refractivity contribution in [2.75, 3.05) is 25.0 Å². The van der Waals surface area contributed by atoms with Gasteiger partial charge in [-0.05, 0) is 18.2 Å². The monoisotopic (exact) mass is 420 g/mol. The van der Waals surface area contributed by atoms with Crippen LogP contribution in [0.3, 0.4) is 0 Å². The molecule has 0 aliphatic rings. The third kappa shape index (κ3) is 7.06. The van der Waals surface area contributed by atoms with Crippen LogP contribution in [0.15, 0.2) is 35.6 Å². The van der Waals surface area contributed by atoms with Crippen LogP contribution in [0, 0.1) is 0 Å². The number of aromatic nitrogens is 2. The Labute approximate surface area is 169 Å². The molecule has 2 aromatic rings. The Bertz CT molecular complexity index is 882. The second-order valence-corrected chi connectivity index (χ2v) is 6.63. The van der Waals surface area contributed by atoms with E-state index in [1.807, 2.05) is 0 Å². The van der Waals surface area contributed by atoms with Crippen molar-refractivity contribution in [1.29, 1.82) is 0 Å². The summed E-state index contributed by atoms with van der Waals surface area (Å²) in [6, 6.07) is 3.45. The predicted octanol–water partition coefficient (Wildman–Crippen LogP) is -1.16. The van der Waals surface area contributed by atoms with Gasteiger partial charge in [0.15, 0.2) is 5.96 Å². The van der Waals surface area contributed by atoms with E-state index in [4.69, 9.17) is 11.5 Å². The number of nitrogens with one attached hydrogen (secondary N) is 3. The average Bonchev–Trinajstić information content (AvgIpc) is 3.19. The van der Waals surface area contributed by atoms with Gasteiger partial charge in [-0.15, -0.1) is 11.3 Å². The quantitative estimate of drug-likeness (QED) is 0.156. The van der Waals surface area contributed by atoms with Crippen LogP contribution in [-0.2, 0) is 4.79 Å². The lowest BCUT2D eigenvalue weighted by molar-refractivity contribution is -0.137. The Balaban J connectivity index is 1.87. The molecule has 2 heterocycles. The third-order valence-electron chi connectivity index (χ3n) is 3.38. The van der Waals surface area contributed by atoms with Crippen LogP contribution in [0.1, 0.15) is 19.3 Å². The molecule has 0 saturated heterocycles. The zero-order chi connectivity index (χ0) is 21.2. The maximum Gasteiger partial charge on any atom is 0.328 e. The molecule has 1 unspecified atom stereocenters. The SMILES string of the molecule is NC(N)=NCCNC(=O)c1ccc(C(=O)NCC(Nc2ncccn2)C(=O)O)s1. The molecule has 2 amide bonds. The first-order valence-corrected chi connectivity index (χ1v) is 9.16. The molecule has 0 aromatic carbocycles. The van der Waals surface area contributed by atoms with Crippen LogP contribution in [0.2, 0.25) is 0 Å². The van der Waals surface area contributed by atoms with Crippen LogP contribution in [0.4, 0.5) is 5.95 Å². The van der Waals surface area contributed by atoms with E-state index < -0.39 is 17.9 Å². The highest BCUT2D eigenvalue weighted by Crippen LogP contribution is 2.16. The third-order valence-corrected chi connectivity index (χ3v) is 4.46. The van der Waals surface area contributed by atoms with E-state index in [-0.39, 0.29) is 42.3 Å². The number of amides is 2. The van der Waals surface area contributed by atoms with Gasteiger partial charge in [-0.3, -0.25) is 14.6 Å². The summed E-state index contributed by atoms with van der Waals surface area (Å²) in [4.78, 5) is 47.8. The van der Waals surface area contributed by atoms with Gasteiger partial charge in [0.1, 0.15) is 6.04 Å². The lowest BCUT2D eigenvalue weighted by Gasteiger charge is -2.14. The van der Waals surface area contributed by atoms with E-state index in [2.05, 4.69) is 30.9 Å². The molecule has 0 aliphatic carbocycles. The summed E-state index contributed by atoms with van der Waals surface area (Å²) < 4.78 is 0. The highest BCUT2D eigenvalue weighted by atomic mass is 32.1. The van der Waals surface area contributed by atoms with Gasteiger partial charge in [0.2, 0.25) is 5.95 Å². The molecular weight excluding hydrogens is 400 g/mol. The molecular formula is C16H20N8O4S. The zero-order valence-electron chi connectivity index (χ0n) is 15.2. The van der Waals surface area contributed by atoms with Crippen molar-refractivity contribution in [3.8, 4) is 0 Å². The smallest absolute Gasteiger partial charge is 0.328 e. The Hall–Kier alpha value is -3.74. The number of nitrogens with two attached hydrogens (primary N) is 2. The lowest BCUT2D eigenvalue weighted by atomic mass is 10.3. The number of carbonyl (C=O) groups is 3. The minimum Gasteiger partial charge on any atom is -0.480 e. The van der Waals surface area contributed by atoms with Crippen LogP contribution >= 0.6 is 11.3 Å². The Morgan fingerprint density at radius 1 is 1.10 bits per heavy atom. The number of rotatable bonds is 10. The fraction of sp³-hybridized carbons (Fsp3) is 0.250. The van der Waals surface area contributed by atoms with Crippen LogP contribution in [0.5, 0.6) is 0 Å². The molecule has 1 atom stereocenters. The van der Waals surface area contributed by atoms with Crippen LogP contribution in [0.25, 0.3) is 0 Å². The molecule has 0 saturated carbocycles. The first kappa shape index (κ1) is 21.6. The molecule has 29 heavy (non-hydrogen) atoms. The number of carboxylic acids is 1. The number of thiophene rings is 1. The van der Waals surface area contributed by atoms with Crippen LogP contribution in [-0.4, -0.2) is 64.5 Å². The molecule has 2 aromatic heterocycles. The van der Waals surface area contributed by atoms with E-state index in [0.717, 1.165) is 11.3 Å². The number of hydrogen-bond acceptors (Lipinski definition) is 8. The van der Waals surface area contributed by atoms with Crippen molar-refractivity contribution in [3.05, 3.63) is 40.3 Å². The second kappa shape index (κ2) is 10.6. The molecule has 13 heteroatoms. The fourth-order valence-corrected chi connectivity index (χ4v) is 2.87. The molecule has 0 radical (unpaired) electrons. The highest BCUT2D eigenvalue weighted by Gasteiger charge is 2.20. The van der Waals surface area contributed by atoms with Gasteiger partial charge in [-0.2, -0.15) is 0 Å². The molecule has 154 valence electrons. The highest BCUT2D eigenvalue weighted by molar-refractivity contribution is 7.15. The number of carbonyl (C=O) groups excluding carboxylic acids is 2.